The predicted octanol–water partition coefficient (Wildman–Crippen LogP) is 4.62. The molecule has 0 radical (unpaired) electrons. The van der Waals surface area contributed by atoms with Crippen LogP contribution in [-0.2, 0) is 27.2 Å². The summed E-state index contributed by atoms with van der Waals surface area (Å²) >= 11 is 0. The molecule has 4 heterocycles. The molecule has 13 heteroatoms. The lowest BCUT2D eigenvalue weighted by molar-refractivity contribution is -0.136. The van der Waals surface area contributed by atoms with Crippen molar-refractivity contribution in [3.05, 3.63) is 71.6 Å². The number of nitrogens with two attached hydrogens (primary N) is 2. The lowest BCUT2D eigenvalue weighted by Crippen LogP contribution is -2.51. The molecule has 51 heavy (non-hydrogen) atoms. The van der Waals surface area contributed by atoms with Crippen molar-refractivity contribution in [3.63, 3.8) is 0 Å². The number of carbonyl (C=O) groups is 3. The number of benzene rings is 2. The van der Waals surface area contributed by atoms with Gasteiger partial charge in [-0.25, -0.2) is 19.4 Å². The average molecular weight is 698 g/mol. The summed E-state index contributed by atoms with van der Waals surface area (Å²) in [6.07, 6.45) is 6.01. The van der Waals surface area contributed by atoms with E-state index in [2.05, 4.69) is 51.7 Å². The maximum Gasteiger partial charge on any atom is 0.407 e. The molecular formula is C38H51N9O4. The fourth-order valence-electron chi connectivity index (χ4n) is 7.32. The van der Waals surface area contributed by atoms with E-state index < -0.39 is 18.2 Å². The highest BCUT2D eigenvalue weighted by atomic mass is 16.5. The van der Waals surface area contributed by atoms with Gasteiger partial charge in [-0.2, -0.15) is 0 Å². The van der Waals surface area contributed by atoms with Crippen LogP contribution in [-0.4, -0.2) is 79.6 Å². The first kappa shape index (κ1) is 35.9. The van der Waals surface area contributed by atoms with Crippen LogP contribution in [0.25, 0.3) is 22.2 Å². The summed E-state index contributed by atoms with van der Waals surface area (Å²) in [5.41, 5.74) is 12.3. The Morgan fingerprint density at radius 2 is 1.59 bits per heavy atom. The molecule has 3 amide bonds. The van der Waals surface area contributed by atoms with Gasteiger partial charge in [-0.1, -0.05) is 58.0 Å². The number of carbonyl (C=O) groups excluding carboxylic acids is 3. The van der Waals surface area contributed by atoms with E-state index in [1.165, 1.54) is 12.7 Å². The standard InChI is InChI=1S/C38H51N9O4/c1-22(2)32(39)36(48)45-18-6-8-30(45)34-42-28-17-15-26(20-29(28)43-34)25-13-10-24(11-14-25)12-16-27-21-41-35(47(27)40)31-9-7-19-46(31)37(49)33(23(3)4)44-38(50)51-5/h10-11,13-15,17,20-23,30-33H,6-9,12,16,18-19,39-40H2,1-5H3,(H,42,43)(H,44,50)/t30-,31-,32-,33-/m0/s1. The van der Waals surface area contributed by atoms with Gasteiger partial charge >= 0.3 is 6.09 Å². The van der Waals surface area contributed by atoms with Crippen molar-refractivity contribution in [1.82, 2.24) is 34.7 Å². The number of amides is 3. The summed E-state index contributed by atoms with van der Waals surface area (Å²) in [6, 6.07) is 13.2. The minimum absolute atomic E-state index is 0.0105. The SMILES string of the molecule is COC(=O)N[C@H](C(=O)N1CCC[C@H]1c1ncc(CCc2ccc(-c3ccc4nc([C@@H]5CCCN5C(=O)[C@@H](N)C(C)C)[nH]c4c3)cc2)n1N)C(C)C. The number of alkyl carbamates (subject to hydrolysis) is 1. The number of hydrogen-bond acceptors (Lipinski definition) is 8. The monoisotopic (exact) mass is 697 g/mol. The number of nitrogen functional groups attached to an aromatic ring is 1. The summed E-state index contributed by atoms with van der Waals surface area (Å²) < 4.78 is 6.37. The number of aryl methyl sites for hydroxylation is 2. The van der Waals surface area contributed by atoms with E-state index >= 15 is 0 Å². The first-order valence-electron chi connectivity index (χ1n) is 18.1. The molecule has 6 rings (SSSR count). The van der Waals surface area contributed by atoms with E-state index in [9.17, 15) is 14.4 Å². The molecule has 4 aromatic rings. The van der Waals surface area contributed by atoms with Crippen LogP contribution in [0.2, 0.25) is 0 Å². The number of methoxy groups -OCH3 is 1. The Hall–Kier alpha value is -4.91. The van der Waals surface area contributed by atoms with Gasteiger partial charge in [-0.15, -0.1) is 0 Å². The smallest absolute Gasteiger partial charge is 0.407 e. The van der Waals surface area contributed by atoms with Crippen molar-refractivity contribution < 1.29 is 19.1 Å². The molecule has 13 nitrogen and oxygen atoms in total. The third-order valence-corrected chi connectivity index (χ3v) is 10.4. The second-order valence-corrected chi connectivity index (χ2v) is 14.5. The van der Waals surface area contributed by atoms with Crippen LogP contribution in [0.15, 0.2) is 48.7 Å². The molecular weight excluding hydrogens is 646 g/mol. The number of fused-ring (bicyclic) bond motifs is 1. The zero-order chi connectivity index (χ0) is 36.4. The van der Waals surface area contributed by atoms with Crippen molar-refractivity contribution in [3.8, 4) is 11.1 Å². The molecule has 2 aliphatic heterocycles. The Kier molecular flexibility index (Phi) is 10.7. The van der Waals surface area contributed by atoms with E-state index in [1.807, 2.05) is 38.7 Å². The number of H-pyrrole nitrogens is 1. The van der Waals surface area contributed by atoms with E-state index in [-0.39, 0.29) is 35.7 Å². The lowest BCUT2D eigenvalue weighted by Gasteiger charge is -2.30. The van der Waals surface area contributed by atoms with Crippen LogP contribution in [0.4, 0.5) is 4.79 Å². The number of likely N-dealkylation sites (tertiary alicyclic amines) is 2. The molecule has 0 bridgehead atoms. The molecule has 2 aliphatic rings. The average Bonchev–Trinajstić information content (AvgIpc) is 3.94. The molecule has 2 saturated heterocycles. The summed E-state index contributed by atoms with van der Waals surface area (Å²) in [6.45, 7) is 9.01. The van der Waals surface area contributed by atoms with Crippen LogP contribution >= 0.6 is 0 Å². The third kappa shape index (κ3) is 7.44. The van der Waals surface area contributed by atoms with Gasteiger partial charge in [0.15, 0.2) is 0 Å². The number of nitrogens with one attached hydrogen (secondary N) is 2. The minimum Gasteiger partial charge on any atom is -0.453 e. The molecule has 0 aliphatic carbocycles. The van der Waals surface area contributed by atoms with Gasteiger partial charge in [0.1, 0.15) is 17.7 Å². The number of rotatable bonds is 11. The summed E-state index contributed by atoms with van der Waals surface area (Å²) in [5, 5.41) is 2.69. The van der Waals surface area contributed by atoms with Gasteiger partial charge < -0.3 is 36.4 Å². The first-order valence-corrected chi connectivity index (χ1v) is 18.1. The number of aromatic nitrogens is 4. The Bertz CT molecular complexity index is 1860. The van der Waals surface area contributed by atoms with Crippen molar-refractivity contribution in [2.75, 3.05) is 26.0 Å². The highest BCUT2D eigenvalue weighted by molar-refractivity contribution is 5.86. The summed E-state index contributed by atoms with van der Waals surface area (Å²) in [7, 11) is 1.29. The fraction of sp³-hybridized carbons (Fsp3) is 0.500. The van der Waals surface area contributed by atoms with Crippen LogP contribution < -0.4 is 16.9 Å². The molecule has 0 spiro atoms. The van der Waals surface area contributed by atoms with Gasteiger partial charge in [0, 0.05) is 13.1 Å². The molecule has 2 aromatic heterocycles. The van der Waals surface area contributed by atoms with Gasteiger partial charge in [0.25, 0.3) is 0 Å². The summed E-state index contributed by atoms with van der Waals surface area (Å²) in [4.78, 5) is 55.2. The molecule has 4 atom stereocenters. The highest BCUT2D eigenvalue weighted by Crippen LogP contribution is 2.34. The second kappa shape index (κ2) is 15.1. The van der Waals surface area contributed by atoms with Crippen LogP contribution in [0.1, 0.15) is 88.4 Å². The van der Waals surface area contributed by atoms with Gasteiger partial charge in [-0.05, 0) is 79.2 Å². The maximum absolute atomic E-state index is 13.5. The number of imidazole rings is 2. The zero-order valence-corrected chi connectivity index (χ0v) is 30.3. The molecule has 0 unspecified atom stereocenters. The number of ether oxygens (including phenoxy) is 1. The Morgan fingerprint density at radius 3 is 2.25 bits per heavy atom. The molecule has 2 fully saturated rings. The summed E-state index contributed by atoms with van der Waals surface area (Å²) in [5.74, 6) is 7.83. The maximum atomic E-state index is 13.5. The largest absolute Gasteiger partial charge is 0.453 e. The van der Waals surface area contributed by atoms with Gasteiger partial charge in [0.05, 0.1) is 48.2 Å². The zero-order valence-electron chi connectivity index (χ0n) is 30.3. The lowest BCUT2D eigenvalue weighted by atomic mass is 10.0. The van der Waals surface area contributed by atoms with Gasteiger partial charge in [-0.3, -0.25) is 9.59 Å². The number of nitrogens with zero attached hydrogens (tertiary/aromatic N) is 5. The van der Waals surface area contributed by atoms with Crippen molar-refractivity contribution in [2.45, 2.75) is 90.4 Å². The highest BCUT2D eigenvalue weighted by Gasteiger charge is 2.38. The normalized spacial score (nSPS) is 18.9. The van der Waals surface area contributed by atoms with Crippen LogP contribution in [0.5, 0.6) is 0 Å². The third-order valence-electron chi connectivity index (χ3n) is 10.4. The van der Waals surface area contributed by atoms with Crippen molar-refractivity contribution in [2.24, 2.45) is 17.6 Å². The van der Waals surface area contributed by atoms with E-state index in [4.69, 9.17) is 21.3 Å². The van der Waals surface area contributed by atoms with Gasteiger partial charge in [0.2, 0.25) is 11.8 Å². The number of hydrogen-bond donors (Lipinski definition) is 4. The number of aromatic amines is 1. The van der Waals surface area contributed by atoms with Crippen LogP contribution in [0, 0.1) is 11.8 Å². The molecule has 272 valence electrons. The van der Waals surface area contributed by atoms with E-state index in [1.54, 1.807) is 15.8 Å². The van der Waals surface area contributed by atoms with E-state index in [0.29, 0.717) is 25.3 Å². The van der Waals surface area contributed by atoms with Crippen LogP contribution in [0.3, 0.4) is 0 Å². The topological polar surface area (TPSA) is 177 Å². The minimum atomic E-state index is -0.699. The Morgan fingerprint density at radius 1 is 0.922 bits per heavy atom. The van der Waals surface area contributed by atoms with Crippen molar-refractivity contribution >= 4 is 28.9 Å². The predicted molar refractivity (Wildman–Crippen MR) is 196 cm³/mol. The Balaban J connectivity index is 1.10. The quantitative estimate of drug-likeness (QED) is 0.164. The first-order chi connectivity index (χ1) is 24.5. The second-order valence-electron chi connectivity index (χ2n) is 14.5. The fourth-order valence-corrected chi connectivity index (χ4v) is 7.32. The van der Waals surface area contributed by atoms with Crippen molar-refractivity contribution in [1.29, 1.82) is 0 Å². The molecule has 6 N–H and O–H groups in total. The van der Waals surface area contributed by atoms with E-state index in [0.717, 1.165) is 65.8 Å². The molecule has 2 aromatic carbocycles. The Labute approximate surface area is 299 Å². The molecule has 0 saturated carbocycles.